The van der Waals surface area contributed by atoms with E-state index in [4.69, 9.17) is 14.2 Å². The van der Waals surface area contributed by atoms with Gasteiger partial charge in [0.25, 0.3) is 5.91 Å². The number of nitrogens with one attached hydrogen (secondary N) is 1. The second-order valence-corrected chi connectivity index (χ2v) is 7.56. The first-order valence-electron chi connectivity index (χ1n) is 11.6. The van der Waals surface area contributed by atoms with Crippen LogP contribution in [0.2, 0.25) is 0 Å². The summed E-state index contributed by atoms with van der Waals surface area (Å²) in [6.07, 6.45) is 9.92. The lowest BCUT2D eigenvalue weighted by Gasteiger charge is -2.09. The molecule has 6 nitrogen and oxygen atoms in total. The zero-order chi connectivity index (χ0) is 22.9. The highest BCUT2D eigenvalue weighted by Gasteiger charge is 2.03. The summed E-state index contributed by atoms with van der Waals surface area (Å²) in [5.74, 6) is 1.82. The van der Waals surface area contributed by atoms with Gasteiger partial charge in [-0.15, -0.1) is 0 Å². The summed E-state index contributed by atoms with van der Waals surface area (Å²) in [5, 5.41) is 4.00. The van der Waals surface area contributed by atoms with Gasteiger partial charge in [0.05, 0.1) is 19.4 Å². The maximum atomic E-state index is 12.0. The molecule has 0 aliphatic carbocycles. The molecule has 0 aliphatic rings. The van der Waals surface area contributed by atoms with Crippen molar-refractivity contribution < 1.29 is 19.0 Å². The van der Waals surface area contributed by atoms with Gasteiger partial charge in [-0.3, -0.25) is 4.79 Å². The van der Waals surface area contributed by atoms with Crippen molar-refractivity contribution in [2.45, 2.75) is 58.8 Å². The molecular weight excluding hydrogens is 404 g/mol. The van der Waals surface area contributed by atoms with Crippen molar-refractivity contribution in [3.8, 4) is 17.2 Å². The van der Waals surface area contributed by atoms with Gasteiger partial charge < -0.3 is 14.2 Å². The van der Waals surface area contributed by atoms with Gasteiger partial charge in [-0.05, 0) is 49.2 Å². The quantitative estimate of drug-likeness (QED) is 0.205. The van der Waals surface area contributed by atoms with Gasteiger partial charge in [0, 0.05) is 5.56 Å². The monoisotopic (exact) mass is 440 g/mol. The zero-order valence-electron chi connectivity index (χ0n) is 19.3. The van der Waals surface area contributed by atoms with Gasteiger partial charge in [-0.1, -0.05) is 58.1 Å². The van der Waals surface area contributed by atoms with Crippen molar-refractivity contribution in [1.29, 1.82) is 0 Å². The Kier molecular flexibility index (Phi) is 12.4. The molecule has 1 amide bonds. The second-order valence-electron chi connectivity index (χ2n) is 7.56. The highest BCUT2D eigenvalue weighted by atomic mass is 16.5. The summed E-state index contributed by atoms with van der Waals surface area (Å²) >= 11 is 0. The molecule has 0 unspecified atom stereocenters. The summed E-state index contributed by atoms with van der Waals surface area (Å²) in [6.45, 7) is 5.51. The molecule has 0 saturated carbocycles. The fraction of sp³-hybridized carbons (Fsp3) is 0.462. The van der Waals surface area contributed by atoms with Crippen LogP contribution in [0.4, 0.5) is 0 Å². The van der Waals surface area contributed by atoms with Gasteiger partial charge in [0.15, 0.2) is 6.61 Å². The number of hydrazone groups is 1. The second kappa shape index (κ2) is 15.7. The minimum Gasteiger partial charge on any atom is -0.494 e. The summed E-state index contributed by atoms with van der Waals surface area (Å²) in [6, 6.07) is 14.9. The molecule has 2 aromatic carbocycles. The molecule has 0 heterocycles. The number of carbonyl (C=O) groups is 1. The Bertz CT molecular complexity index is 806. The van der Waals surface area contributed by atoms with E-state index in [2.05, 4.69) is 17.5 Å². The third-order valence-electron chi connectivity index (χ3n) is 4.73. The Hall–Kier alpha value is -3.02. The number of ether oxygens (including phenoxy) is 3. The van der Waals surface area contributed by atoms with E-state index in [0.29, 0.717) is 12.4 Å². The van der Waals surface area contributed by atoms with Crippen LogP contribution in [0.5, 0.6) is 17.2 Å². The molecule has 0 saturated heterocycles. The largest absolute Gasteiger partial charge is 0.494 e. The molecule has 2 aromatic rings. The van der Waals surface area contributed by atoms with Crippen LogP contribution in [-0.4, -0.2) is 31.9 Å². The summed E-state index contributed by atoms with van der Waals surface area (Å²) in [4.78, 5) is 12.0. The average Bonchev–Trinajstić information content (AvgIpc) is 2.82. The summed E-state index contributed by atoms with van der Waals surface area (Å²) < 4.78 is 16.9. The smallest absolute Gasteiger partial charge is 0.277 e. The number of amides is 1. The van der Waals surface area contributed by atoms with Crippen molar-refractivity contribution in [2.75, 3.05) is 19.8 Å². The van der Waals surface area contributed by atoms with E-state index in [1.807, 2.05) is 43.3 Å². The third-order valence-corrected chi connectivity index (χ3v) is 4.73. The Morgan fingerprint density at radius 2 is 1.50 bits per heavy atom. The Labute approximate surface area is 192 Å². The van der Waals surface area contributed by atoms with E-state index in [0.717, 1.165) is 36.5 Å². The molecule has 1 N–H and O–H groups in total. The van der Waals surface area contributed by atoms with E-state index in [1.165, 1.54) is 32.1 Å². The number of hydrogen-bond donors (Lipinski definition) is 1. The maximum absolute atomic E-state index is 12.0. The predicted octanol–water partition coefficient (Wildman–Crippen LogP) is 5.74. The lowest BCUT2D eigenvalue weighted by atomic mass is 10.1. The standard InChI is InChI=1S/C26H36N2O4/c1-3-5-6-7-8-11-19-30-23-14-16-24(17-15-23)32-21-26(29)28-27-20-22-12-9-10-13-25(22)31-18-4-2/h9-10,12-17,20H,3-8,11,18-19,21H2,1-2H3,(H,28,29). The fourth-order valence-electron chi connectivity index (χ4n) is 2.99. The van der Waals surface area contributed by atoms with E-state index < -0.39 is 0 Å². The predicted molar refractivity (Wildman–Crippen MR) is 129 cm³/mol. The molecule has 0 radical (unpaired) electrons. The first kappa shape index (κ1) is 25.2. The molecule has 0 aliphatic heterocycles. The number of rotatable bonds is 16. The zero-order valence-corrected chi connectivity index (χ0v) is 19.3. The van der Waals surface area contributed by atoms with Gasteiger partial charge in [-0.2, -0.15) is 5.10 Å². The normalized spacial score (nSPS) is 10.8. The number of para-hydroxylation sites is 1. The van der Waals surface area contributed by atoms with E-state index in [9.17, 15) is 4.79 Å². The summed E-state index contributed by atoms with van der Waals surface area (Å²) in [5.41, 5.74) is 3.28. The first-order chi connectivity index (χ1) is 15.7. The lowest BCUT2D eigenvalue weighted by molar-refractivity contribution is -0.123. The molecule has 32 heavy (non-hydrogen) atoms. The number of benzene rings is 2. The highest BCUT2D eigenvalue weighted by molar-refractivity contribution is 5.85. The summed E-state index contributed by atoms with van der Waals surface area (Å²) in [7, 11) is 0. The van der Waals surface area contributed by atoms with E-state index in [1.54, 1.807) is 18.3 Å². The van der Waals surface area contributed by atoms with Crippen LogP contribution in [0, 0.1) is 0 Å². The first-order valence-corrected chi connectivity index (χ1v) is 11.6. The fourth-order valence-corrected chi connectivity index (χ4v) is 2.99. The third kappa shape index (κ3) is 10.3. The van der Waals surface area contributed by atoms with E-state index in [-0.39, 0.29) is 12.5 Å². The number of hydrogen-bond acceptors (Lipinski definition) is 5. The Morgan fingerprint density at radius 1 is 0.812 bits per heavy atom. The van der Waals surface area contributed by atoms with Gasteiger partial charge >= 0.3 is 0 Å². The van der Waals surface area contributed by atoms with Crippen LogP contribution in [0.3, 0.4) is 0 Å². The van der Waals surface area contributed by atoms with Crippen molar-refractivity contribution >= 4 is 12.1 Å². The average molecular weight is 441 g/mol. The van der Waals surface area contributed by atoms with Crippen LogP contribution in [0.1, 0.15) is 64.4 Å². The number of nitrogens with zero attached hydrogens (tertiary/aromatic N) is 1. The van der Waals surface area contributed by atoms with Crippen molar-refractivity contribution in [2.24, 2.45) is 5.10 Å². The molecule has 2 rings (SSSR count). The highest BCUT2D eigenvalue weighted by Crippen LogP contribution is 2.18. The van der Waals surface area contributed by atoms with Gasteiger partial charge in [0.1, 0.15) is 17.2 Å². The molecular formula is C26H36N2O4. The van der Waals surface area contributed by atoms with Crippen LogP contribution < -0.4 is 19.6 Å². The lowest BCUT2D eigenvalue weighted by Crippen LogP contribution is -2.24. The van der Waals surface area contributed by atoms with Crippen LogP contribution in [0.25, 0.3) is 0 Å². The van der Waals surface area contributed by atoms with Crippen LogP contribution >= 0.6 is 0 Å². The van der Waals surface area contributed by atoms with Gasteiger partial charge in [-0.25, -0.2) is 5.43 Å². The minimum absolute atomic E-state index is 0.122. The molecule has 0 spiro atoms. The Balaban J connectivity index is 1.66. The number of unbranched alkanes of at least 4 members (excludes halogenated alkanes) is 5. The van der Waals surface area contributed by atoms with Gasteiger partial charge in [0.2, 0.25) is 0 Å². The molecule has 174 valence electrons. The van der Waals surface area contributed by atoms with Crippen molar-refractivity contribution in [3.63, 3.8) is 0 Å². The molecule has 0 atom stereocenters. The Morgan fingerprint density at radius 3 is 2.25 bits per heavy atom. The molecule has 6 heteroatoms. The minimum atomic E-state index is -0.336. The SMILES string of the molecule is CCCCCCCCOc1ccc(OCC(=O)NN=Cc2ccccc2OCCC)cc1. The van der Waals surface area contributed by atoms with Crippen LogP contribution in [-0.2, 0) is 4.79 Å². The molecule has 0 aromatic heterocycles. The number of carbonyl (C=O) groups excluding carboxylic acids is 1. The van der Waals surface area contributed by atoms with E-state index >= 15 is 0 Å². The van der Waals surface area contributed by atoms with Crippen molar-refractivity contribution in [1.82, 2.24) is 5.43 Å². The topological polar surface area (TPSA) is 69.2 Å². The molecule has 0 fully saturated rings. The van der Waals surface area contributed by atoms with Crippen LogP contribution in [0.15, 0.2) is 53.6 Å². The maximum Gasteiger partial charge on any atom is 0.277 e. The van der Waals surface area contributed by atoms with Crippen molar-refractivity contribution in [3.05, 3.63) is 54.1 Å². The molecule has 0 bridgehead atoms.